The number of aliphatic carboxylic acids is 3. The van der Waals surface area contributed by atoms with Gasteiger partial charge in [0.25, 0.3) is 0 Å². The normalized spacial score (nSPS) is 21.2. The average molecular weight is 791 g/mol. The molecule has 14 nitrogen and oxygen atoms in total. The molecule has 6 atom stereocenters. The SMILES string of the molecule is O=C(O)[C@@H](Cc1cccc(CN(Cc2cccc3[nH]c(C[C@H](C(=O)O)[C@H]4CCNC4)nc23)Cc2cccc3[nH]c(C[C@H](C(=O)O)[C@H]4CCNC4)nc23)c1)[C@H]1CCNC1. The van der Waals surface area contributed by atoms with E-state index in [-0.39, 0.29) is 17.8 Å². The zero-order valence-electron chi connectivity index (χ0n) is 32.8. The smallest absolute Gasteiger partial charge is 0.307 e. The number of aromatic amines is 2. The largest absolute Gasteiger partial charge is 0.481 e. The van der Waals surface area contributed by atoms with E-state index >= 15 is 0 Å². The Kier molecular flexibility index (Phi) is 12.2. The number of fused-ring (bicyclic) bond motifs is 2. The van der Waals surface area contributed by atoms with Crippen molar-refractivity contribution in [2.45, 2.75) is 58.2 Å². The lowest BCUT2D eigenvalue weighted by molar-refractivity contribution is -0.144. The zero-order chi connectivity index (χ0) is 40.2. The summed E-state index contributed by atoms with van der Waals surface area (Å²) in [6, 6.07) is 20.3. The fraction of sp³-hybridized carbons (Fsp3) is 0.477. The number of carboxylic acid groups (broad SMARTS) is 3. The van der Waals surface area contributed by atoms with Crippen LogP contribution in [0.2, 0.25) is 0 Å². The molecule has 0 bridgehead atoms. The molecule has 3 saturated heterocycles. The number of nitrogens with zero attached hydrogens (tertiary/aromatic N) is 3. The molecule has 5 aromatic rings. The van der Waals surface area contributed by atoms with Crippen LogP contribution in [0.3, 0.4) is 0 Å². The molecule has 3 aromatic carbocycles. The second-order valence-corrected chi connectivity index (χ2v) is 16.7. The summed E-state index contributed by atoms with van der Waals surface area (Å²) in [6.07, 6.45) is 3.62. The molecule has 8 N–H and O–H groups in total. The molecule has 0 unspecified atom stereocenters. The van der Waals surface area contributed by atoms with Crippen molar-refractivity contribution in [3.63, 3.8) is 0 Å². The van der Waals surface area contributed by atoms with Gasteiger partial charge in [0.1, 0.15) is 11.6 Å². The molecule has 14 heteroatoms. The van der Waals surface area contributed by atoms with Crippen LogP contribution in [0.4, 0.5) is 0 Å². The maximum atomic E-state index is 12.4. The van der Waals surface area contributed by atoms with Crippen LogP contribution in [0.15, 0.2) is 60.7 Å². The minimum atomic E-state index is -0.804. The highest BCUT2D eigenvalue weighted by Gasteiger charge is 2.34. The van der Waals surface area contributed by atoms with Crippen molar-refractivity contribution in [1.29, 1.82) is 0 Å². The standard InChI is InChI=1S/C44H54N8O6/c53-42(54)33(28-10-13-45-20-28)17-26-4-1-5-27(16-26)23-52(24-31-6-2-8-36-40(31)50-38(48-36)18-34(43(55)56)29-11-14-46-21-29)25-32-7-3-9-37-41(32)51-39(49-37)19-35(44(57)58)30-12-15-47-22-30/h1-9,16,28-30,33-35,45-47H,10-15,17-25H2,(H,48,50)(H,49,51)(H,53,54)(H,55,56)(H,57,58)/t28-,29-,30-,33-,34-,35-/m0/s1. The van der Waals surface area contributed by atoms with Gasteiger partial charge >= 0.3 is 17.9 Å². The number of hydrogen-bond donors (Lipinski definition) is 8. The quantitative estimate of drug-likeness (QED) is 0.0629. The Morgan fingerprint density at radius 1 is 0.586 bits per heavy atom. The number of aromatic nitrogens is 4. The number of nitrogens with one attached hydrogen (secondary N) is 5. The van der Waals surface area contributed by atoms with E-state index in [4.69, 9.17) is 9.97 Å². The highest BCUT2D eigenvalue weighted by atomic mass is 16.4. The summed E-state index contributed by atoms with van der Waals surface area (Å²) < 4.78 is 0. The number of hydrogen-bond acceptors (Lipinski definition) is 9. The number of H-pyrrole nitrogens is 2. The minimum Gasteiger partial charge on any atom is -0.481 e. The van der Waals surface area contributed by atoms with Crippen LogP contribution >= 0.6 is 0 Å². The Morgan fingerprint density at radius 2 is 1.02 bits per heavy atom. The second kappa shape index (κ2) is 17.8. The molecule has 8 rings (SSSR count). The van der Waals surface area contributed by atoms with Gasteiger partial charge in [-0.15, -0.1) is 0 Å². The van der Waals surface area contributed by atoms with Gasteiger partial charge < -0.3 is 41.2 Å². The summed E-state index contributed by atoms with van der Waals surface area (Å²) in [5.41, 5.74) is 7.36. The van der Waals surface area contributed by atoms with Crippen molar-refractivity contribution in [3.8, 4) is 0 Å². The van der Waals surface area contributed by atoms with Crippen LogP contribution in [0.5, 0.6) is 0 Å². The maximum absolute atomic E-state index is 12.4. The van der Waals surface area contributed by atoms with Gasteiger partial charge in [-0.1, -0.05) is 48.5 Å². The van der Waals surface area contributed by atoms with Crippen molar-refractivity contribution >= 4 is 40.0 Å². The van der Waals surface area contributed by atoms with Gasteiger partial charge in [-0.3, -0.25) is 19.3 Å². The minimum absolute atomic E-state index is 0.0528. The predicted octanol–water partition coefficient (Wildman–Crippen LogP) is 4.20. The van der Waals surface area contributed by atoms with Crippen LogP contribution < -0.4 is 16.0 Å². The third kappa shape index (κ3) is 9.10. The zero-order valence-corrected chi connectivity index (χ0v) is 32.8. The molecule has 2 aromatic heterocycles. The fourth-order valence-electron chi connectivity index (χ4n) is 9.60. The van der Waals surface area contributed by atoms with Crippen molar-refractivity contribution in [3.05, 3.63) is 94.6 Å². The van der Waals surface area contributed by atoms with Crippen molar-refractivity contribution in [1.82, 2.24) is 40.8 Å². The summed E-state index contributed by atoms with van der Waals surface area (Å²) in [5.74, 6) is -2.38. The van der Waals surface area contributed by atoms with Gasteiger partial charge in [-0.25, -0.2) is 9.97 Å². The van der Waals surface area contributed by atoms with Crippen LogP contribution in [0, 0.1) is 35.5 Å². The summed E-state index contributed by atoms with van der Waals surface area (Å²) in [4.78, 5) is 56.2. The van der Waals surface area contributed by atoms with Gasteiger partial charge in [0.05, 0.1) is 39.8 Å². The maximum Gasteiger partial charge on any atom is 0.307 e. The van der Waals surface area contributed by atoms with Crippen LogP contribution in [0.25, 0.3) is 22.1 Å². The third-order valence-electron chi connectivity index (χ3n) is 12.7. The molecular formula is C44H54N8O6. The summed E-state index contributed by atoms with van der Waals surface area (Å²) in [6.45, 7) is 6.19. The van der Waals surface area contributed by atoms with Crippen LogP contribution in [-0.2, 0) is 53.3 Å². The van der Waals surface area contributed by atoms with Gasteiger partial charge in [-0.05, 0) is 117 Å². The lowest BCUT2D eigenvalue weighted by Crippen LogP contribution is -2.27. The monoisotopic (exact) mass is 790 g/mol. The molecule has 3 fully saturated rings. The van der Waals surface area contributed by atoms with Crippen LogP contribution in [0.1, 0.15) is 53.2 Å². The number of rotatable bonds is 18. The summed E-state index contributed by atoms with van der Waals surface area (Å²) >= 11 is 0. The van der Waals surface area contributed by atoms with Gasteiger partial charge in [0.15, 0.2) is 0 Å². The first-order valence-corrected chi connectivity index (χ1v) is 20.7. The number of carboxylic acids is 3. The van der Waals surface area contributed by atoms with Gasteiger partial charge in [0, 0.05) is 32.5 Å². The number of carbonyl (C=O) groups is 3. The Balaban J connectivity index is 1.09. The molecule has 0 spiro atoms. The molecule has 0 saturated carbocycles. The lowest BCUT2D eigenvalue weighted by atomic mass is 9.86. The molecule has 0 radical (unpaired) electrons. The molecule has 0 aliphatic carbocycles. The molecule has 3 aliphatic heterocycles. The highest BCUT2D eigenvalue weighted by molar-refractivity contribution is 5.80. The van der Waals surface area contributed by atoms with Crippen molar-refractivity contribution in [2.24, 2.45) is 35.5 Å². The van der Waals surface area contributed by atoms with E-state index < -0.39 is 35.7 Å². The van der Waals surface area contributed by atoms with Crippen molar-refractivity contribution < 1.29 is 29.7 Å². The number of imidazole rings is 2. The number of benzene rings is 3. The van der Waals surface area contributed by atoms with E-state index in [0.717, 1.165) is 89.8 Å². The Labute approximate surface area is 337 Å². The Hall–Kier alpha value is -5.15. The molecule has 306 valence electrons. The van der Waals surface area contributed by atoms with E-state index in [0.29, 0.717) is 63.6 Å². The van der Waals surface area contributed by atoms with Crippen LogP contribution in [-0.4, -0.2) is 97.3 Å². The average Bonchev–Trinajstić information content (AvgIpc) is 4.06. The first kappa shape index (κ1) is 39.7. The molecule has 58 heavy (non-hydrogen) atoms. The molecule has 3 aliphatic rings. The van der Waals surface area contributed by atoms with E-state index in [1.54, 1.807) is 0 Å². The van der Waals surface area contributed by atoms with Crippen molar-refractivity contribution in [2.75, 3.05) is 39.3 Å². The summed E-state index contributed by atoms with van der Waals surface area (Å²) in [7, 11) is 0. The first-order valence-electron chi connectivity index (χ1n) is 20.7. The predicted molar refractivity (Wildman–Crippen MR) is 219 cm³/mol. The van der Waals surface area contributed by atoms with Gasteiger partial charge in [0.2, 0.25) is 0 Å². The lowest BCUT2D eigenvalue weighted by Gasteiger charge is -2.24. The number of para-hydroxylation sites is 2. The second-order valence-electron chi connectivity index (χ2n) is 16.7. The first-order chi connectivity index (χ1) is 28.2. The van der Waals surface area contributed by atoms with E-state index in [1.165, 1.54) is 0 Å². The molecule has 0 amide bonds. The Bertz CT molecular complexity index is 2120. The van der Waals surface area contributed by atoms with E-state index in [1.807, 2.05) is 36.4 Å². The Morgan fingerprint density at radius 3 is 1.45 bits per heavy atom. The third-order valence-corrected chi connectivity index (χ3v) is 12.7. The van der Waals surface area contributed by atoms with E-state index in [2.05, 4.69) is 55.1 Å². The topological polar surface area (TPSA) is 209 Å². The van der Waals surface area contributed by atoms with Gasteiger partial charge in [-0.2, -0.15) is 0 Å². The molecular weight excluding hydrogens is 737 g/mol. The fourth-order valence-corrected chi connectivity index (χ4v) is 9.60. The summed E-state index contributed by atoms with van der Waals surface area (Å²) in [5, 5.41) is 40.3. The molecule has 5 heterocycles. The van der Waals surface area contributed by atoms with E-state index in [9.17, 15) is 29.7 Å². The highest BCUT2D eigenvalue weighted by Crippen LogP contribution is 2.29.